The molecule has 0 atom stereocenters. The van der Waals surface area contributed by atoms with Crippen LogP contribution >= 0.6 is 0 Å². The molecule has 1 aromatic carbocycles. The van der Waals surface area contributed by atoms with Gasteiger partial charge in [-0.1, -0.05) is 66.7 Å². The minimum atomic E-state index is 0.0308. The Labute approximate surface area is 156 Å². The molecule has 144 valence electrons. The summed E-state index contributed by atoms with van der Waals surface area (Å²) in [5, 5.41) is 9.24. The third kappa shape index (κ3) is 11.0. The van der Waals surface area contributed by atoms with Gasteiger partial charge in [0.15, 0.2) is 0 Å². The fraction of sp³-hybridized carbons (Fsp3) is 0.652. The van der Waals surface area contributed by atoms with Crippen molar-refractivity contribution in [3.8, 4) is 5.75 Å². The first-order valence-corrected chi connectivity index (χ1v) is 9.58. The number of unbranched alkanes of at least 4 members (excludes halogenated alkanes) is 1. The van der Waals surface area contributed by atoms with E-state index in [9.17, 15) is 5.11 Å². The van der Waals surface area contributed by atoms with Gasteiger partial charge >= 0.3 is 0 Å². The Morgan fingerprint density at radius 3 is 2.20 bits per heavy atom. The summed E-state index contributed by atoms with van der Waals surface area (Å²) in [6.45, 7) is 15.4. The Hall–Kier alpha value is -1.28. The predicted octanol–water partition coefficient (Wildman–Crippen LogP) is 6.68. The second-order valence-electron chi connectivity index (χ2n) is 8.51. The van der Waals surface area contributed by atoms with Crippen LogP contribution in [0.3, 0.4) is 0 Å². The van der Waals surface area contributed by atoms with Gasteiger partial charge in [-0.05, 0) is 54.2 Å². The fourth-order valence-electron chi connectivity index (χ4n) is 2.23. The van der Waals surface area contributed by atoms with Crippen molar-refractivity contribution in [2.45, 2.75) is 73.6 Å². The lowest BCUT2D eigenvalue weighted by Gasteiger charge is -2.20. The molecule has 0 bridgehead atoms. The first kappa shape index (κ1) is 23.7. The number of aliphatic hydroxyl groups is 1. The second kappa shape index (κ2) is 12.1. The van der Waals surface area contributed by atoms with Crippen LogP contribution in [0, 0.1) is 11.3 Å². The number of hydrogen-bond donors (Lipinski definition) is 1. The van der Waals surface area contributed by atoms with Crippen molar-refractivity contribution < 1.29 is 9.84 Å². The molecule has 0 aromatic heterocycles. The molecule has 0 unspecified atom stereocenters. The van der Waals surface area contributed by atoms with Crippen molar-refractivity contribution in [1.29, 1.82) is 0 Å². The van der Waals surface area contributed by atoms with Crippen molar-refractivity contribution in [2.75, 3.05) is 13.7 Å². The highest BCUT2D eigenvalue weighted by Crippen LogP contribution is 2.26. The summed E-state index contributed by atoms with van der Waals surface area (Å²) in [5.74, 6) is 2.28. The van der Waals surface area contributed by atoms with Gasteiger partial charge in [0.25, 0.3) is 0 Å². The van der Waals surface area contributed by atoms with Gasteiger partial charge in [0.2, 0.25) is 0 Å². The predicted molar refractivity (Wildman–Crippen MR) is 111 cm³/mol. The highest BCUT2D eigenvalue weighted by molar-refractivity contribution is 5.58. The molecule has 0 aliphatic rings. The summed E-state index contributed by atoms with van der Waals surface area (Å²) >= 11 is 0. The average Bonchev–Trinajstić information content (AvgIpc) is 2.53. The molecule has 1 N–H and O–H groups in total. The van der Waals surface area contributed by atoms with Gasteiger partial charge in [-0.25, -0.2) is 0 Å². The summed E-state index contributed by atoms with van der Waals surface area (Å²) < 4.78 is 5.42. The van der Waals surface area contributed by atoms with E-state index >= 15 is 0 Å². The van der Waals surface area contributed by atoms with Crippen molar-refractivity contribution >= 4 is 6.08 Å². The van der Waals surface area contributed by atoms with Gasteiger partial charge in [-0.3, -0.25) is 0 Å². The molecule has 25 heavy (non-hydrogen) atoms. The van der Waals surface area contributed by atoms with Gasteiger partial charge in [0.1, 0.15) is 5.75 Å². The molecule has 0 aliphatic heterocycles. The van der Waals surface area contributed by atoms with E-state index in [-0.39, 0.29) is 12.0 Å². The molecule has 0 saturated carbocycles. The van der Waals surface area contributed by atoms with Gasteiger partial charge < -0.3 is 9.84 Å². The largest absolute Gasteiger partial charge is 0.496 e. The molecule has 0 amide bonds. The maximum absolute atomic E-state index is 9.24. The topological polar surface area (TPSA) is 29.5 Å². The van der Waals surface area contributed by atoms with Crippen LogP contribution < -0.4 is 4.74 Å². The maximum atomic E-state index is 9.24. The number of allylic oxidation sites excluding steroid dienone is 1. The molecule has 0 spiro atoms. The minimum absolute atomic E-state index is 0.0308. The summed E-state index contributed by atoms with van der Waals surface area (Å²) in [5.41, 5.74) is 2.50. The molecular formula is C23H40O2. The van der Waals surface area contributed by atoms with Crippen molar-refractivity contribution in [3.63, 3.8) is 0 Å². The SMILES string of the molecule is CC(C)C.COc1ccc(C(C)C)cc1/C=C/CCCC(C)(C)CO. The van der Waals surface area contributed by atoms with Crippen molar-refractivity contribution in [3.05, 3.63) is 35.4 Å². The van der Waals surface area contributed by atoms with Gasteiger partial charge in [-0.15, -0.1) is 0 Å². The third-order valence-corrected chi connectivity index (χ3v) is 3.87. The Morgan fingerprint density at radius 2 is 1.72 bits per heavy atom. The molecule has 2 nitrogen and oxygen atoms in total. The molecule has 0 fully saturated rings. The standard InChI is InChI=1S/C19H30O2.C4H10/c1-15(2)16-10-11-18(21-5)17(13-16)9-7-6-8-12-19(3,4)14-20;1-4(2)3/h7,9-11,13,15,20H,6,8,12,14H2,1-5H3;4H,1-3H3/b9-7+;. The van der Waals surface area contributed by atoms with Crippen LogP contribution in [0.1, 0.15) is 84.8 Å². The summed E-state index contributed by atoms with van der Waals surface area (Å²) in [7, 11) is 1.71. The van der Waals surface area contributed by atoms with Crippen LogP contribution in [-0.4, -0.2) is 18.8 Å². The average molecular weight is 349 g/mol. The number of methoxy groups -OCH3 is 1. The van der Waals surface area contributed by atoms with E-state index in [0.29, 0.717) is 5.92 Å². The first-order chi connectivity index (χ1) is 11.6. The van der Waals surface area contributed by atoms with E-state index in [1.54, 1.807) is 7.11 Å². The van der Waals surface area contributed by atoms with E-state index in [1.165, 1.54) is 5.56 Å². The fourth-order valence-corrected chi connectivity index (χ4v) is 2.23. The quantitative estimate of drug-likeness (QED) is 0.531. The molecule has 0 saturated heterocycles. The Bertz CT molecular complexity index is 496. The number of ether oxygens (including phenoxy) is 1. The van der Waals surface area contributed by atoms with Crippen LogP contribution in [-0.2, 0) is 0 Å². The highest BCUT2D eigenvalue weighted by Gasteiger charge is 2.14. The summed E-state index contributed by atoms with van der Waals surface area (Å²) in [6, 6.07) is 6.38. The lowest BCUT2D eigenvalue weighted by atomic mass is 9.88. The first-order valence-electron chi connectivity index (χ1n) is 9.58. The summed E-state index contributed by atoms with van der Waals surface area (Å²) in [4.78, 5) is 0. The monoisotopic (exact) mass is 348 g/mol. The summed E-state index contributed by atoms with van der Waals surface area (Å²) in [6.07, 6.45) is 7.51. The number of rotatable bonds is 8. The number of aliphatic hydroxyl groups excluding tert-OH is 1. The third-order valence-electron chi connectivity index (χ3n) is 3.87. The minimum Gasteiger partial charge on any atom is -0.496 e. The van der Waals surface area contributed by atoms with Gasteiger partial charge in [0, 0.05) is 12.2 Å². The highest BCUT2D eigenvalue weighted by atomic mass is 16.5. The van der Waals surface area contributed by atoms with Crippen molar-refractivity contribution in [2.24, 2.45) is 11.3 Å². The van der Waals surface area contributed by atoms with Crippen LogP contribution in [0.25, 0.3) is 6.08 Å². The maximum Gasteiger partial charge on any atom is 0.126 e. The van der Waals surface area contributed by atoms with E-state index in [2.05, 4.69) is 72.8 Å². The zero-order chi connectivity index (χ0) is 19.5. The Kier molecular flexibility index (Phi) is 11.5. The van der Waals surface area contributed by atoms with Gasteiger partial charge in [-0.2, -0.15) is 0 Å². The molecule has 1 rings (SSSR count). The van der Waals surface area contributed by atoms with E-state index in [0.717, 1.165) is 36.5 Å². The van der Waals surface area contributed by atoms with E-state index in [1.807, 2.05) is 6.07 Å². The zero-order valence-electron chi connectivity index (χ0n) is 17.7. The molecule has 1 aromatic rings. The smallest absolute Gasteiger partial charge is 0.126 e. The Morgan fingerprint density at radius 1 is 1.12 bits per heavy atom. The van der Waals surface area contributed by atoms with E-state index in [4.69, 9.17) is 4.74 Å². The normalized spacial score (nSPS) is 11.8. The lowest BCUT2D eigenvalue weighted by Crippen LogP contribution is -2.15. The number of hydrogen-bond acceptors (Lipinski definition) is 2. The lowest BCUT2D eigenvalue weighted by molar-refractivity contribution is 0.148. The van der Waals surface area contributed by atoms with Crippen LogP contribution in [0.2, 0.25) is 0 Å². The van der Waals surface area contributed by atoms with E-state index < -0.39 is 0 Å². The molecule has 2 heteroatoms. The Balaban J connectivity index is 0.00000129. The molecule has 0 heterocycles. The van der Waals surface area contributed by atoms with Crippen LogP contribution in [0.15, 0.2) is 24.3 Å². The second-order valence-corrected chi connectivity index (χ2v) is 8.51. The molecule has 0 radical (unpaired) electrons. The van der Waals surface area contributed by atoms with Gasteiger partial charge in [0.05, 0.1) is 7.11 Å². The van der Waals surface area contributed by atoms with Crippen LogP contribution in [0.4, 0.5) is 0 Å². The van der Waals surface area contributed by atoms with Crippen molar-refractivity contribution in [1.82, 2.24) is 0 Å². The number of benzene rings is 1. The molecular weight excluding hydrogens is 308 g/mol. The van der Waals surface area contributed by atoms with Crippen LogP contribution in [0.5, 0.6) is 5.75 Å². The molecule has 0 aliphatic carbocycles. The zero-order valence-corrected chi connectivity index (χ0v) is 17.7.